The topological polar surface area (TPSA) is 0 Å². The Morgan fingerprint density at radius 1 is 1.00 bits per heavy atom. The van der Waals surface area contributed by atoms with Gasteiger partial charge in [-0.3, -0.25) is 0 Å². The predicted octanol–water partition coefficient (Wildman–Crippen LogP) is 3.74. The van der Waals surface area contributed by atoms with E-state index in [0.29, 0.717) is 0 Å². The van der Waals surface area contributed by atoms with Gasteiger partial charge in [0.1, 0.15) is 0 Å². The molecule has 0 nitrogen and oxygen atoms in total. The highest BCUT2D eigenvalue weighted by atomic mass is 14.5. The molecule has 0 bridgehead atoms. The SMILES string of the molecule is [c]1ccc(-c2ccccc2)c2c1C1CC21. The Morgan fingerprint density at radius 2 is 1.87 bits per heavy atom. The van der Waals surface area contributed by atoms with Crippen LogP contribution in [-0.4, -0.2) is 0 Å². The van der Waals surface area contributed by atoms with Gasteiger partial charge in [0.2, 0.25) is 0 Å². The molecule has 2 unspecified atom stereocenters. The highest BCUT2D eigenvalue weighted by Gasteiger charge is 2.51. The fourth-order valence-electron chi connectivity index (χ4n) is 2.84. The summed E-state index contributed by atoms with van der Waals surface area (Å²) >= 11 is 0. The van der Waals surface area contributed by atoms with Gasteiger partial charge in [0.05, 0.1) is 0 Å². The van der Waals surface area contributed by atoms with Gasteiger partial charge in [-0.1, -0.05) is 42.5 Å². The predicted molar refractivity (Wildman–Crippen MR) is 60.8 cm³/mol. The molecule has 1 saturated carbocycles. The maximum Gasteiger partial charge on any atom is -0.00773 e. The van der Waals surface area contributed by atoms with Gasteiger partial charge in [-0.2, -0.15) is 0 Å². The van der Waals surface area contributed by atoms with Crippen molar-refractivity contribution in [3.05, 3.63) is 59.7 Å². The molecule has 0 heterocycles. The standard InChI is InChI=1S/C15H11/c1-2-5-10(6-3-1)11-7-4-8-12-13-9-14(13)15(11)12/h1-7,13-14H,9H2. The van der Waals surface area contributed by atoms with Crippen molar-refractivity contribution in [3.8, 4) is 11.1 Å². The van der Waals surface area contributed by atoms with Gasteiger partial charge in [-0.05, 0) is 46.6 Å². The molecule has 4 rings (SSSR count). The van der Waals surface area contributed by atoms with Crippen LogP contribution < -0.4 is 0 Å². The molecule has 2 atom stereocenters. The largest absolute Gasteiger partial charge is 0.0622 e. The molecule has 0 spiro atoms. The first-order valence-electron chi connectivity index (χ1n) is 5.55. The molecule has 1 radical (unpaired) electrons. The summed E-state index contributed by atoms with van der Waals surface area (Å²) in [7, 11) is 0. The Labute approximate surface area is 89.6 Å². The number of benzene rings is 2. The van der Waals surface area contributed by atoms with Gasteiger partial charge in [-0.25, -0.2) is 0 Å². The average Bonchev–Trinajstić information content (AvgIpc) is 3.01. The van der Waals surface area contributed by atoms with Gasteiger partial charge < -0.3 is 0 Å². The Kier molecular flexibility index (Phi) is 1.29. The summed E-state index contributed by atoms with van der Waals surface area (Å²) in [6, 6.07) is 18.4. The second kappa shape index (κ2) is 2.52. The zero-order valence-electron chi connectivity index (χ0n) is 8.40. The van der Waals surface area contributed by atoms with Crippen molar-refractivity contribution in [3.63, 3.8) is 0 Å². The summed E-state index contributed by atoms with van der Waals surface area (Å²) in [6.45, 7) is 0. The highest BCUT2D eigenvalue weighted by molar-refractivity contribution is 5.75. The van der Waals surface area contributed by atoms with E-state index >= 15 is 0 Å². The molecule has 2 aliphatic carbocycles. The molecule has 0 aromatic heterocycles. The van der Waals surface area contributed by atoms with E-state index in [1.54, 1.807) is 5.56 Å². The third-order valence-electron chi connectivity index (χ3n) is 3.69. The molecule has 2 aliphatic rings. The van der Waals surface area contributed by atoms with Crippen molar-refractivity contribution in [1.29, 1.82) is 0 Å². The third kappa shape index (κ3) is 0.918. The Morgan fingerprint density at radius 3 is 2.73 bits per heavy atom. The van der Waals surface area contributed by atoms with Crippen LogP contribution in [0.2, 0.25) is 0 Å². The van der Waals surface area contributed by atoms with Crippen LogP contribution in [0.15, 0.2) is 42.5 Å². The average molecular weight is 191 g/mol. The van der Waals surface area contributed by atoms with Crippen LogP contribution in [0.3, 0.4) is 0 Å². The summed E-state index contributed by atoms with van der Waals surface area (Å²) in [5.41, 5.74) is 5.85. The second-order valence-electron chi connectivity index (χ2n) is 4.53. The third-order valence-corrected chi connectivity index (χ3v) is 3.69. The van der Waals surface area contributed by atoms with E-state index in [0.717, 1.165) is 11.8 Å². The zero-order valence-corrected chi connectivity index (χ0v) is 8.40. The highest BCUT2D eigenvalue weighted by Crippen LogP contribution is 2.67. The van der Waals surface area contributed by atoms with Crippen LogP contribution in [0, 0.1) is 6.07 Å². The molecule has 0 heteroatoms. The van der Waals surface area contributed by atoms with E-state index in [1.807, 2.05) is 0 Å². The van der Waals surface area contributed by atoms with Crippen molar-refractivity contribution < 1.29 is 0 Å². The number of fused-ring (bicyclic) bond motifs is 4. The van der Waals surface area contributed by atoms with Gasteiger partial charge in [0.25, 0.3) is 0 Å². The van der Waals surface area contributed by atoms with Gasteiger partial charge in [0, 0.05) is 0 Å². The minimum atomic E-state index is 0.865. The molecular weight excluding hydrogens is 180 g/mol. The molecule has 0 saturated heterocycles. The smallest absolute Gasteiger partial charge is 0.00773 e. The van der Waals surface area contributed by atoms with Crippen LogP contribution in [0.5, 0.6) is 0 Å². The minimum absolute atomic E-state index is 0.865. The molecular formula is C15H11. The van der Waals surface area contributed by atoms with E-state index < -0.39 is 0 Å². The lowest BCUT2D eigenvalue weighted by Crippen LogP contribution is -2.03. The van der Waals surface area contributed by atoms with Crippen LogP contribution in [0.1, 0.15) is 29.4 Å². The normalized spacial score (nSPS) is 25.1. The number of hydrogen-bond donors (Lipinski definition) is 0. The number of hydrogen-bond acceptors (Lipinski definition) is 0. The summed E-state index contributed by atoms with van der Waals surface area (Å²) < 4.78 is 0. The summed E-state index contributed by atoms with van der Waals surface area (Å²) in [6.07, 6.45) is 1.37. The fraction of sp³-hybridized carbons (Fsp3) is 0.200. The molecule has 0 N–H and O–H groups in total. The van der Waals surface area contributed by atoms with Crippen LogP contribution >= 0.6 is 0 Å². The summed E-state index contributed by atoms with van der Waals surface area (Å²) in [5, 5.41) is 0. The van der Waals surface area contributed by atoms with Crippen LogP contribution in [0.4, 0.5) is 0 Å². The fourth-order valence-corrected chi connectivity index (χ4v) is 2.84. The molecule has 71 valence electrons. The first-order chi connectivity index (χ1) is 7.45. The summed E-state index contributed by atoms with van der Waals surface area (Å²) in [4.78, 5) is 0. The minimum Gasteiger partial charge on any atom is -0.0622 e. The first-order valence-corrected chi connectivity index (χ1v) is 5.55. The monoisotopic (exact) mass is 191 g/mol. The van der Waals surface area contributed by atoms with E-state index in [4.69, 9.17) is 0 Å². The van der Waals surface area contributed by atoms with Gasteiger partial charge in [0.15, 0.2) is 0 Å². The summed E-state index contributed by atoms with van der Waals surface area (Å²) in [5.74, 6) is 1.73. The van der Waals surface area contributed by atoms with Crippen LogP contribution in [0.25, 0.3) is 11.1 Å². The van der Waals surface area contributed by atoms with Crippen molar-refractivity contribution >= 4 is 0 Å². The molecule has 2 aromatic carbocycles. The van der Waals surface area contributed by atoms with E-state index in [9.17, 15) is 0 Å². The molecule has 2 aromatic rings. The van der Waals surface area contributed by atoms with Crippen molar-refractivity contribution in [2.45, 2.75) is 18.3 Å². The number of rotatable bonds is 1. The van der Waals surface area contributed by atoms with Crippen LogP contribution in [-0.2, 0) is 0 Å². The maximum absolute atomic E-state index is 3.39. The lowest BCUT2D eigenvalue weighted by molar-refractivity contribution is 0.901. The molecule has 0 amide bonds. The van der Waals surface area contributed by atoms with Gasteiger partial charge in [-0.15, -0.1) is 0 Å². The molecule has 15 heavy (non-hydrogen) atoms. The quantitative estimate of drug-likeness (QED) is 0.644. The molecule has 0 aliphatic heterocycles. The zero-order chi connectivity index (χ0) is 9.83. The van der Waals surface area contributed by atoms with Crippen molar-refractivity contribution in [1.82, 2.24) is 0 Å². The Hall–Kier alpha value is -1.56. The van der Waals surface area contributed by atoms with E-state index in [2.05, 4.69) is 48.5 Å². The van der Waals surface area contributed by atoms with E-state index in [-0.39, 0.29) is 0 Å². The Bertz CT molecular complexity index is 525. The van der Waals surface area contributed by atoms with Crippen molar-refractivity contribution in [2.24, 2.45) is 0 Å². The molecule has 1 fully saturated rings. The first kappa shape index (κ1) is 7.70. The Balaban J connectivity index is 1.94. The van der Waals surface area contributed by atoms with Gasteiger partial charge >= 0.3 is 0 Å². The lowest BCUT2D eigenvalue weighted by atomic mass is 9.83. The lowest BCUT2D eigenvalue weighted by Gasteiger charge is -2.21. The van der Waals surface area contributed by atoms with Crippen molar-refractivity contribution in [2.75, 3.05) is 0 Å². The maximum atomic E-state index is 3.39. The second-order valence-corrected chi connectivity index (χ2v) is 4.53. The van der Waals surface area contributed by atoms with E-state index in [1.165, 1.54) is 23.1 Å².